The Bertz CT molecular complexity index is 779. The molecule has 0 unspecified atom stereocenters. The van der Waals surface area contributed by atoms with Crippen LogP contribution >= 0.6 is 0 Å². The van der Waals surface area contributed by atoms with Crippen molar-refractivity contribution in [2.45, 2.75) is 105 Å². The smallest absolute Gasteiger partial charge is 0.663 e. The van der Waals surface area contributed by atoms with E-state index < -0.39 is 0 Å². The fourth-order valence-electron chi connectivity index (χ4n) is 5.33. The van der Waals surface area contributed by atoms with Crippen LogP contribution in [0.5, 0.6) is 0 Å². The topological polar surface area (TPSA) is 52.9 Å². The minimum absolute atomic E-state index is 0. The van der Waals surface area contributed by atoms with E-state index in [1.807, 2.05) is 49.1 Å². The molecule has 2 aliphatic rings. The third kappa shape index (κ3) is 10.9. The van der Waals surface area contributed by atoms with Crippen LogP contribution in [-0.4, -0.2) is 24.5 Å². The normalized spacial score (nSPS) is 25.1. The van der Waals surface area contributed by atoms with Gasteiger partial charge in [0.15, 0.2) is 0 Å². The average molecular weight is 526 g/mol. The van der Waals surface area contributed by atoms with Gasteiger partial charge in [0.2, 0.25) is 0 Å². The predicted octanol–water partition coefficient (Wildman–Crippen LogP) is 7.78. The van der Waals surface area contributed by atoms with Crippen LogP contribution in [-0.2, 0) is 21.7 Å². The zero-order chi connectivity index (χ0) is 24.6. The van der Waals surface area contributed by atoms with Crippen molar-refractivity contribution in [1.82, 2.24) is 9.97 Å². The van der Waals surface area contributed by atoms with Crippen molar-refractivity contribution in [2.75, 3.05) is 0 Å². The Morgan fingerprint density at radius 3 is 1.22 bits per heavy atom. The molecule has 2 fully saturated rings. The van der Waals surface area contributed by atoms with E-state index in [1.165, 1.54) is 51.4 Å². The van der Waals surface area contributed by atoms with Gasteiger partial charge in [-0.3, -0.25) is 9.98 Å². The number of rotatable bonds is 4. The molecule has 4 rings (SSSR count). The van der Waals surface area contributed by atoms with E-state index in [1.54, 1.807) is 0 Å². The Labute approximate surface area is 236 Å². The Kier molecular flexibility index (Phi) is 13.7. The molecule has 0 aliphatic heterocycles. The summed E-state index contributed by atoms with van der Waals surface area (Å²) >= 11 is 0. The van der Waals surface area contributed by atoms with Gasteiger partial charge < -0.3 is 17.4 Å². The van der Waals surface area contributed by atoms with Crippen LogP contribution in [0.15, 0.2) is 46.6 Å². The van der Waals surface area contributed by atoms with Crippen LogP contribution in [0.25, 0.3) is 0 Å². The molecule has 0 spiro atoms. The summed E-state index contributed by atoms with van der Waals surface area (Å²) in [6, 6.07) is 8.96. The Morgan fingerprint density at radius 2 is 0.972 bits per heavy atom. The molecule has 2 aromatic heterocycles. The van der Waals surface area contributed by atoms with E-state index in [9.17, 15) is 0 Å². The number of aromatic nitrogens is 2. The van der Waals surface area contributed by atoms with E-state index >= 15 is 0 Å². The van der Waals surface area contributed by atoms with Gasteiger partial charge in [0.1, 0.15) is 0 Å². The van der Waals surface area contributed by atoms with Gasteiger partial charge in [-0.2, -0.15) is 12.4 Å². The van der Waals surface area contributed by atoms with Gasteiger partial charge >= 0.3 is 21.7 Å². The first-order valence-corrected chi connectivity index (χ1v) is 13.3. The maximum atomic E-state index is 4.65. The van der Waals surface area contributed by atoms with Gasteiger partial charge in [0, 0.05) is 24.5 Å². The van der Waals surface area contributed by atoms with Crippen molar-refractivity contribution >= 4 is 12.4 Å². The summed E-state index contributed by atoms with van der Waals surface area (Å²) < 4.78 is 0. The van der Waals surface area contributed by atoms with Gasteiger partial charge in [-0.1, -0.05) is 65.8 Å². The minimum Gasteiger partial charge on any atom is -0.663 e. The molecular weight excluding hydrogens is 476 g/mol. The fraction of sp³-hybridized carbons (Fsp3) is 0.645. The molecule has 5 heteroatoms. The largest absolute Gasteiger partial charge is 4.00 e. The molecule has 0 atom stereocenters. The molecule has 196 valence electrons. The first-order chi connectivity index (χ1) is 16.1. The van der Waals surface area contributed by atoms with Gasteiger partial charge in [-0.15, -0.1) is 11.4 Å². The van der Waals surface area contributed by atoms with Crippen molar-refractivity contribution in [3.8, 4) is 0 Å². The molecule has 0 aromatic carbocycles. The summed E-state index contributed by atoms with van der Waals surface area (Å²) in [7, 11) is 0. The van der Waals surface area contributed by atoms with E-state index in [-0.39, 0.29) is 29.1 Å². The molecule has 36 heavy (non-hydrogen) atoms. The minimum atomic E-state index is 0. The van der Waals surface area contributed by atoms with Crippen molar-refractivity contribution in [2.24, 2.45) is 32.7 Å². The average Bonchev–Trinajstić information content (AvgIpc) is 3.50. The zero-order valence-electron chi connectivity index (χ0n) is 23.9. The van der Waals surface area contributed by atoms with Gasteiger partial charge in [0.25, 0.3) is 0 Å². The SMILES string of the molecule is CC(C)(C)C1CCC(N=Cc2ccc[n-]2)CC1.CC(C)(C)C1CCC(N=Cc2ccc[n-]2)CC1.[CH3-].[Ti+4]. The molecule has 0 N–H and O–H groups in total. The summed E-state index contributed by atoms with van der Waals surface area (Å²) in [5.41, 5.74) is 2.90. The second-order valence-corrected chi connectivity index (χ2v) is 12.4. The molecule has 2 aliphatic carbocycles. The molecule has 0 radical (unpaired) electrons. The first-order valence-electron chi connectivity index (χ1n) is 13.3. The van der Waals surface area contributed by atoms with E-state index in [0.717, 1.165) is 23.2 Å². The fourth-order valence-corrected chi connectivity index (χ4v) is 5.33. The van der Waals surface area contributed by atoms with Crippen molar-refractivity contribution in [3.05, 3.63) is 55.5 Å². The van der Waals surface area contributed by atoms with Crippen LogP contribution in [0.2, 0.25) is 0 Å². The molecule has 2 saturated carbocycles. The first kappa shape index (κ1) is 32.6. The number of hydrogen-bond acceptors (Lipinski definition) is 2. The zero-order valence-corrected chi connectivity index (χ0v) is 25.4. The maximum absolute atomic E-state index is 4.65. The number of hydrogen-bond donors (Lipinski definition) is 0. The van der Waals surface area contributed by atoms with Crippen LogP contribution in [0.4, 0.5) is 0 Å². The second-order valence-electron chi connectivity index (χ2n) is 12.4. The van der Waals surface area contributed by atoms with Gasteiger partial charge in [-0.05, 0) is 74.0 Å². The Hall–Kier alpha value is -1.39. The molecule has 2 heterocycles. The van der Waals surface area contributed by atoms with E-state index in [0.29, 0.717) is 22.9 Å². The predicted molar refractivity (Wildman–Crippen MR) is 152 cm³/mol. The quantitative estimate of drug-likeness (QED) is 0.232. The van der Waals surface area contributed by atoms with Crippen LogP contribution in [0.3, 0.4) is 0 Å². The number of nitrogens with zero attached hydrogens (tertiary/aromatic N) is 4. The van der Waals surface area contributed by atoms with Crippen LogP contribution < -0.4 is 9.97 Å². The summed E-state index contributed by atoms with van der Waals surface area (Å²) in [5, 5.41) is 0. The number of aliphatic imine (C=N–C) groups is 2. The Balaban J connectivity index is 0.000000341. The monoisotopic (exact) mass is 525 g/mol. The van der Waals surface area contributed by atoms with Crippen molar-refractivity contribution in [3.63, 3.8) is 0 Å². The van der Waals surface area contributed by atoms with Gasteiger partial charge in [0.05, 0.1) is 0 Å². The molecule has 0 bridgehead atoms. The molecule has 0 amide bonds. The molecule has 0 saturated heterocycles. The van der Waals surface area contributed by atoms with Gasteiger partial charge in [-0.25, -0.2) is 0 Å². The van der Waals surface area contributed by atoms with Crippen molar-refractivity contribution < 1.29 is 21.7 Å². The Morgan fingerprint density at radius 1 is 0.639 bits per heavy atom. The standard InChI is InChI=1S/2C15H23N2.CH3.Ti/c2*1-15(2,3)12-6-8-13(9-7-12)17-11-14-5-4-10-16-14;;/h2*4-5,10-13H,6-9H2,1-3H3;1H3;/q3*-1;+4. The summed E-state index contributed by atoms with van der Waals surface area (Å²) in [4.78, 5) is 17.7. The van der Waals surface area contributed by atoms with Crippen LogP contribution in [0, 0.1) is 30.1 Å². The van der Waals surface area contributed by atoms with Crippen molar-refractivity contribution in [1.29, 1.82) is 0 Å². The summed E-state index contributed by atoms with van der Waals surface area (Å²) in [6.07, 6.45) is 17.7. The molecular formula is C31H49N4Ti+. The molecule has 2 aromatic rings. The maximum Gasteiger partial charge on any atom is 4.00 e. The van der Waals surface area contributed by atoms with E-state index in [2.05, 4.69) is 61.5 Å². The third-order valence-corrected chi connectivity index (χ3v) is 7.83. The third-order valence-electron chi connectivity index (χ3n) is 7.83. The molecule has 4 nitrogen and oxygen atoms in total. The summed E-state index contributed by atoms with van der Waals surface area (Å²) in [5.74, 6) is 1.73. The van der Waals surface area contributed by atoms with E-state index in [4.69, 9.17) is 0 Å². The summed E-state index contributed by atoms with van der Waals surface area (Å²) in [6.45, 7) is 14.1. The van der Waals surface area contributed by atoms with Crippen LogP contribution in [0.1, 0.15) is 104 Å². The second kappa shape index (κ2) is 15.1.